The van der Waals surface area contributed by atoms with E-state index >= 15 is 0 Å². The Balaban J connectivity index is 2.06. The largest absolute Gasteiger partial charge is 0.495 e. The van der Waals surface area contributed by atoms with Crippen LogP contribution in [0.3, 0.4) is 0 Å². The molecule has 4 heteroatoms. The van der Waals surface area contributed by atoms with Gasteiger partial charge in [0.25, 0.3) is 0 Å². The number of anilines is 3. The minimum absolute atomic E-state index is 0.586. The lowest BCUT2D eigenvalue weighted by Crippen LogP contribution is -1.99. The fourth-order valence-corrected chi connectivity index (χ4v) is 2.18. The van der Waals surface area contributed by atoms with Crippen LogP contribution in [0.1, 0.15) is 0 Å². The summed E-state index contributed by atoms with van der Waals surface area (Å²) in [6, 6.07) is 15.6. The molecule has 0 aliphatic heterocycles. The van der Waals surface area contributed by atoms with Crippen molar-refractivity contribution >= 4 is 28.0 Å². The third-order valence-electron chi connectivity index (χ3n) is 3.19. The maximum Gasteiger partial charge on any atom is 0.143 e. The topological polar surface area (TPSA) is 60.2 Å². The Kier molecular flexibility index (Phi) is 3.13. The average Bonchev–Trinajstić information content (AvgIpc) is 2.50. The molecule has 0 saturated heterocycles. The minimum atomic E-state index is 0.586. The second kappa shape index (κ2) is 5.09. The van der Waals surface area contributed by atoms with Crippen LogP contribution >= 0.6 is 0 Å². The molecular weight excluding hydrogens is 250 g/mol. The molecule has 20 heavy (non-hydrogen) atoms. The van der Waals surface area contributed by atoms with Crippen molar-refractivity contribution in [2.45, 2.75) is 0 Å². The lowest BCUT2D eigenvalue weighted by molar-refractivity contribution is 0.417. The summed E-state index contributed by atoms with van der Waals surface area (Å²) in [6.45, 7) is 0. The Bertz CT molecular complexity index is 750. The smallest absolute Gasteiger partial charge is 0.143 e. The lowest BCUT2D eigenvalue weighted by atomic mass is 10.1. The molecule has 0 fully saturated rings. The zero-order chi connectivity index (χ0) is 13.9. The van der Waals surface area contributed by atoms with E-state index in [1.54, 1.807) is 13.3 Å². The Hall–Kier alpha value is -2.75. The molecule has 0 amide bonds. The number of aromatic nitrogens is 1. The van der Waals surface area contributed by atoms with Gasteiger partial charge in [0.15, 0.2) is 0 Å². The van der Waals surface area contributed by atoms with Gasteiger partial charge in [-0.25, -0.2) is 0 Å². The quantitative estimate of drug-likeness (QED) is 0.711. The molecule has 0 bridgehead atoms. The van der Waals surface area contributed by atoms with E-state index in [9.17, 15) is 0 Å². The van der Waals surface area contributed by atoms with Crippen molar-refractivity contribution in [3.63, 3.8) is 0 Å². The second-order valence-electron chi connectivity index (χ2n) is 4.43. The molecule has 4 nitrogen and oxygen atoms in total. The van der Waals surface area contributed by atoms with Crippen LogP contribution in [0.2, 0.25) is 0 Å². The summed E-state index contributed by atoms with van der Waals surface area (Å²) in [4.78, 5) is 4.42. The number of para-hydroxylation sites is 2. The zero-order valence-electron chi connectivity index (χ0n) is 11.1. The molecule has 0 spiro atoms. The van der Waals surface area contributed by atoms with E-state index in [1.807, 2.05) is 48.5 Å². The number of pyridine rings is 1. The van der Waals surface area contributed by atoms with Gasteiger partial charge in [0.1, 0.15) is 5.75 Å². The fourth-order valence-electron chi connectivity index (χ4n) is 2.18. The highest BCUT2D eigenvalue weighted by atomic mass is 16.5. The van der Waals surface area contributed by atoms with E-state index in [0.29, 0.717) is 11.4 Å². The van der Waals surface area contributed by atoms with Gasteiger partial charge in [-0.2, -0.15) is 0 Å². The Labute approximate surface area is 117 Å². The minimum Gasteiger partial charge on any atom is -0.495 e. The number of fused-ring (bicyclic) bond motifs is 1. The number of nitrogens with two attached hydrogens (primary N) is 1. The van der Waals surface area contributed by atoms with Crippen molar-refractivity contribution in [1.29, 1.82) is 0 Å². The Morgan fingerprint density at radius 3 is 2.60 bits per heavy atom. The first-order chi connectivity index (χ1) is 9.79. The molecule has 3 aromatic rings. The van der Waals surface area contributed by atoms with Gasteiger partial charge >= 0.3 is 0 Å². The summed E-state index contributed by atoms with van der Waals surface area (Å²) in [6.07, 6.45) is 1.78. The van der Waals surface area contributed by atoms with Crippen LogP contribution in [0.5, 0.6) is 5.75 Å². The van der Waals surface area contributed by atoms with E-state index in [4.69, 9.17) is 10.5 Å². The molecule has 0 aliphatic carbocycles. The van der Waals surface area contributed by atoms with Crippen LogP contribution in [0.4, 0.5) is 17.1 Å². The fraction of sp³-hybridized carbons (Fsp3) is 0.0625. The first-order valence-electron chi connectivity index (χ1n) is 6.33. The summed E-state index contributed by atoms with van der Waals surface area (Å²) in [5, 5.41) is 4.40. The number of nitrogen functional groups attached to an aromatic ring is 1. The van der Waals surface area contributed by atoms with Gasteiger partial charge in [0.2, 0.25) is 0 Å². The molecular formula is C16H15N3O. The third-order valence-corrected chi connectivity index (χ3v) is 3.19. The number of nitrogens with zero attached hydrogens (tertiary/aromatic N) is 1. The monoisotopic (exact) mass is 265 g/mol. The third kappa shape index (κ3) is 2.12. The van der Waals surface area contributed by atoms with Gasteiger partial charge in [0.05, 0.1) is 29.7 Å². The number of hydrogen-bond acceptors (Lipinski definition) is 4. The molecule has 2 aromatic carbocycles. The molecule has 3 N–H and O–H groups in total. The van der Waals surface area contributed by atoms with Crippen molar-refractivity contribution in [1.82, 2.24) is 4.98 Å². The van der Waals surface area contributed by atoms with E-state index in [1.165, 1.54) is 0 Å². The summed E-state index contributed by atoms with van der Waals surface area (Å²) < 4.78 is 5.23. The SMILES string of the molecule is COc1cccc(Nc2cccc3cccnc23)c1N. The first-order valence-corrected chi connectivity index (χ1v) is 6.33. The highest BCUT2D eigenvalue weighted by Gasteiger charge is 2.07. The Morgan fingerprint density at radius 1 is 1.00 bits per heavy atom. The van der Waals surface area contributed by atoms with Gasteiger partial charge in [0, 0.05) is 11.6 Å². The molecule has 0 aliphatic rings. The maximum absolute atomic E-state index is 6.08. The number of rotatable bonds is 3. The standard InChI is InChI=1S/C16H15N3O/c1-20-14-9-3-7-12(15(14)17)19-13-8-2-5-11-6-4-10-18-16(11)13/h2-10,19H,17H2,1H3. The van der Waals surface area contributed by atoms with Crippen LogP contribution in [0.25, 0.3) is 10.9 Å². The van der Waals surface area contributed by atoms with Crippen LogP contribution in [-0.2, 0) is 0 Å². The van der Waals surface area contributed by atoms with E-state index in [2.05, 4.69) is 10.3 Å². The van der Waals surface area contributed by atoms with Crippen LogP contribution in [0, 0.1) is 0 Å². The van der Waals surface area contributed by atoms with E-state index in [-0.39, 0.29) is 0 Å². The summed E-state index contributed by atoms with van der Waals surface area (Å²) in [5.74, 6) is 0.656. The molecule has 0 radical (unpaired) electrons. The van der Waals surface area contributed by atoms with Gasteiger partial charge in [-0.1, -0.05) is 24.3 Å². The number of hydrogen-bond donors (Lipinski definition) is 2. The predicted octanol–water partition coefficient (Wildman–Crippen LogP) is 3.57. The molecule has 1 aromatic heterocycles. The van der Waals surface area contributed by atoms with Crippen LogP contribution < -0.4 is 15.8 Å². The highest BCUT2D eigenvalue weighted by molar-refractivity contribution is 5.93. The van der Waals surface area contributed by atoms with Crippen molar-refractivity contribution in [3.05, 3.63) is 54.7 Å². The summed E-state index contributed by atoms with van der Waals surface area (Å²) in [7, 11) is 1.61. The predicted molar refractivity (Wildman–Crippen MR) is 82.4 cm³/mol. The molecule has 0 unspecified atom stereocenters. The van der Waals surface area contributed by atoms with Crippen molar-refractivity contribution in [2.75, 3.05) is 18.2 Å². The highest BCUT2D eigenvalue weighted by Crippen LogP contribution is 2.32. The lowest BCUT2D eigenvalue weighted by Gasteiger charge is -2.13. The number of benzene rings is 2. The van der Waals surface area contributed by atoms with Crippen molar-refractivity contribution < 1.29 is 4.74 Å². The number of methoxy groups -OCH3 is 1. The van der Waals surface area contributed by atoms with E-state index < -0.39 is 0 Å². The van der Waals surface area contributed by atoms with Crippen molar-refractivity contribution in [2.24, 2.45) is 0 Å². The molecule has 3 rings (SSSR count). The van der Waals surface area contributed by atoms with Gasteiger partial charge in [-0.05, 0) is 24.3 Å². The van der Waals surface area contributed by atoms with Crippen molar-refractivity contribution in [3.8, 4) is 5.75 Å². The van der Waals surface area contributed by atoms with Gasteiger partial charge in [-0.15, -0.1) is 0 Å². The molecule has 0 saturated carbocycles. The summed E-state index contributed by atoms with van der Waals surface area (Å²) in [5.41, 5.74) is 9.31. The molecule has 1 heterocycles. The molecule has 100 valence electrons. The van der Waals surface area contributed by atoms with Gasteiger partial charge < -0.3 is 15.8 Å². The maximum atomic E-state index is 6.08. The molecule has 0 atom stereocenters. The van der Waals surface area contributed by atoms with Gasteiger partial charge in [-0.3, -0.25) is 4.98 Å². The Morgan fingerprint density at radius 2 is 1.75 bits per heavy atom. The summed E-state index contributed by atoms with van der Waals surface area (Å²) >= 11 is 0. The van der Waals surface area contributed by atoms with E-state index in [0.717, 1.165) is 22.3 Å². The average molecular weight is 265 g/mol. The number of ether oxygens (including phenoxy) is 1. The first kappa shape index (κ1) is 12.3. The zero-order valence-corrected chi connectivity index (χ0v) is 11.1. The number of nitrogens with one attached hydrogen (secondary N) is 1. The second-order valence-corrected chi connectivity index (χ2v) is 4.43. The normalized spacial score (nSPS) is 10.4. The van der Waals surface area contributed by atoms with Crippen LogP contribution in [0.15, 0.2) is 54.7 Å². The van der Waals surface area contributed by atoms with Crippen LogP contribution in [-0.4, -0.2) is 12.1 Å².